The maximum Gasteiger partial charge on any atom is 0.230 e. The van der Waals surface area contributed by atoms with Gasteiger partial charge in [0, 0.05) is 38.5 Å². The number of thiophene rings is 1. The summed E-state index contributed by atoms with van der Waals surface area (Å²) in [7, 11) is 3.62. The first-order chi connectivity index (χ1) is 12.9. The molecule has 1 aliphatic heterocycles. The van der Waals surface area contributed by atoms with Gasteiger partial charge in [0.2, 0.25) is 11.8 Å². The van der Waals surface area contributed by atoms with Crippen molar-refractivity contribution < 1.29 is 9.59 Å². The van der Waals surface area contributed by atoms with Crippen LogP contribution >= 0.6 is 11.3 Å². The number of nitrogens with zero attached hydrogens (tertiary/aromatic N) is 2. The van der Waals surface area contributed by atoms with E-state index in [0.29, 0.717) is 19.4 Å². The molecule has 1 saturated heterocycles. The second-order valence-corrected chi connectivity index (χ2v) is 8.55. The third-order valence-corrected chi connectivity index (χ3v) is 6.31. The number of hydrogen-bond acceptors (Lipinski definition) is 3. The Bertz CT molecular complexity index is 783. The van der Waals surface area contributed by atoms with Crippen LogP contribution in [0.4, 0.5) is 0 Å². The summed E-state index contributed by atoms with van der Waals surface area (Å²) in [5.74, 6) is 0.261. The van der Waals surface area contributed by atoms with Crippen LogP contribution < -0.4 is 0 Å². The smallest absolute Gasteiger partial charge is 0.230 e. The average Bonchev–Trinajstić information content (AvgIpc) is 3.22. The van der Waals surface area contributed by atoms with Gasteiger partial charge in [0.05, 0.1) is 5.41 Å². The number of carbonyl (C=O) groups is 2. The van der Waals surface area contributed by atoms with Crippen molar-refractivity contribution in [3.63, 3.8) is 0 Å². The molecule has 1 aromatic heterocycles. The highest BCUT2D eigenvalue weighted by Crippen LogP contribution is 2.36. The Labute approximate surface area is 165 Å². The summed E-state index contributed by atoms with van der Waals surface area (Å²) < 4.78 is 0. The van der Waals surface area contributed by atoms with Gasteiger partial charge in [-0.1, -0.05) is 37.3 Å². The van der Waals surface area contributed by atoms with Crippen LogP contribution in [0.5, 0.6) is 0 Å². The van der Waals surface area contributed by atoms with Crippen molar-refractivity contribution in [2.75, 3.05) is 27.2 Å². The van der Waals surface area contributed by atoms with Gasteiger partial charge in [-0.3, -0.25) is 9.59 Å². The molecule has 1 fully saturated rings. The fourth-order valence-corrected chi connectivity index (χ4v) is 4.79. The maximum absolute atomic E-state index is 13.1. The molecule has 0 spiro atoms. The molecule has 0 N–H and O–H groups in total. The van der Waals surface area contributed by atoms with Crippen LogP contribution in [0.2, 0.25) is 0 Å². The molecule has 144 valence electrons. The van der Waals surface area contributed by atoms with Crippen LogP contribution in [-0.2, 0) is 16.0 Å². The minimum Gasteiger partial charge on any atom is -0.348 e. The van der Waals surface area contributed by atoms with Gasteiger partial charge in [-0.2, -0.15) is 0 Å². The number of amides is 2. The molecule has 5 heteroatoms. The van der Waals surface area contributed by atoms with Gasteiger partial charge in [-0.15, -0.1) is 11.3 Å². The van der Waals surface area contributed by atoms with Gasteiger partial charge >= 0.3 is 0 Å². The van der Waals surface area contributed by atoms with E-state index in [9.17, 15) is 9.59 Å². The van der Waals surface area contributed by atoms with E-state index < -0.39 is 5.41 Å². The lowest BCUT2D eigenvalue weighted by Gasteiger charge is -2.43. The molecule has 0 saturated carbocycles. The summed E-state index contributed by atoms with van der Waals surface area (Å²) in [6, 6.07) is 12.7. The van der Waals surface area contributed by atoms with Crippen LogP contribution in [0.1, 0.15) is 31.7 Å². The number of rotatable bonds is 5. The largest absolute Gasteiger partial charge is 0.348 e. The molecule has 0 aliphatic carbocycles. The van der Waals surface area contributed by atoms with Gasteiger partial charge in [-0.05, 0) is 41.8 Å². The van der Waals surface area contributed by atoms with Crippen LogP contribution in [0, 0.1) is 5.41 Å². The van der Waals surface area contributed by atoms with Crippen molar-refractivity contribution in [3.8, 4) is 10.4 Å². The molecule has 2 aromatic rings. The second-order valence-electron chi connectivity index (χ2n) is 7.60. The Hall–Kier alpha value is -2.14. The van der Waals surface area contributed by atoms with Crippen LogP contribution in [-0.4, -0.2) is 48.8 Å². The first kappa shape index (κ1) is 19.6. The molecule has 1 aromatic carbocycles. The molecule has 0 radical (unpaired) electrons. The van der Waals surface area contributed by atoms with E-state index in [1.54, 1.807) is 16.2 Å². The lowest BCUT2D eigenvalue weighted by atomic mass is 9.73. The molecule has 0 bridgehead atoms. The average molecular weight is 385 g/mol. The summed E-state index contributed by atoms with van der Waals surface area (Å²) in [5, 5.41) is 2.08. The molecular weight excluding hydrogens is 356 g/mol. The molecule has 1 aliphatic rings. The highest BCUT2D eigenvalue weighted by Gasteiger charge is 2.44. The van der Waals surface area contributed by atoms with Crippen molar-refractivity contribution in [2.45, 2.75) is 32.6 Å². The zero-order valence-corrected chi connectivity index (χ0v) is 17.2. The predicted molar refractivity (Wildman–Crippen MR) is 111 cm³/mol. The SMILES string of the molecule is CCC(=O)N1CCC[C@](Cc2ccc(-c3cccs3)cc2)(C(=O)N(C)C)C1. The highest BCUT2D eigenvalue weighted by molar-refractivity contribution is 7.13. The molecular formula is C22H28N2O2S. The Kier molecular flexibility index (Phi) is 6.00. The zero-order valence-electron chi connectivity index (χ0n) is 16.4. The minimum atomic E-state index is -0.531. The van der Waals surface area contributed by atoms with E-state index in [2.05, 4.69) is 41.8 Å². The van der Waals surface area contributed by atoms with E-state index >= 15 is 0 Å². The Balaban J connectivity index is 1.85. The van der Waals surface area contributed by atoms with Crippen LogP contribution in [0.3, 0.4) is 0 Å². The molecule has 3 rings (SSSR count). The summed E-state index contributed by atoms with van der Waals surface area (Å²) in [6.45, 7) is 3.16. The van der Waals surface area contributed by atoms with Crippen molar-refractivity contribution in [2.24, 2.45) is 5.41 Å². The summed E-state index contributed by atoms with van der Waals surface area (Å²) in [4.78, 5) is 30.2. The van der Waals surface area contributed by atoms with E-state index in [-0.39, 0.29) is 11.8 Å². The third-order valence-electron chi connectivity index (χ3n) is 5.39. The topological polar surface area (TPSA) is 40.6 Å². The molecule has 27 heavy (non-hydrogen) atoms. The van der Waals surface area contributed by atoms with Crippen molar-refractivity contribution >= 4 is 23.2 Å². The summed E-state index contributed by atoms with van der Waals surface area (Å²) in [5.41, 5.74) is 1.82. The van der Waals surface area contributed by atoms with E-state index in [1.165, 1.54) is 10.4 Å². The fourth-order valence-electron chi connectivity index (χ4n) is 4.06. The van der Waals surface area contributed by atoms with E-state index in [0.717, 1.165) is 24.9 Å². The monoisotopic (exact) mass is 384 g/mol. The van der Waals surface area contributed by atoms with Crippen molar-refractivity contribution in [3.05, 3.63) is 47.3 Å². The number of carbonyl (C=O) groups excluding carboxylic acids is 2. The number of likely N-dealkylation sites (tertiary alicyclic amines) is 1. The third kappa shape index (κ3) is 4.24. The quantitative estimate of drug-likeness (QED) is 0.780. The molecule has 2 heterocycles. The standard InChI is InChI=1S/C22H28N2O2S/c1-4-20(25)24-13-6-12-22(16-24,21(26)23(2)3)15-17-8-10-18(11-9-17)19-7-5-14-27-19/h5,7-11,14H,4,6,12-13,15-16H2,1-3H3/t22-/m1/s1. The lowest BCUT2D eigenvalue weighted by Crippen LogP contribution is -2.54. The van der Waals surface area contributed by atoms with E-state index in [4.69, 9.17) is 0 Å². The predicted octanol–water partition coefficient (Wildman–Crippen LogP) is 4.06. The summed E-state index contributed by atoms with van der Waals surface area (Å²) >= 11 is 1.73. The normalized spacial score (nSPS) is 19.7. The van der Waals surface area contributed by atoms with Gasteiger partial charge in [0.25, 0.3) is 0 Å². The minimum absolute atomic E-state index is 0.124. The van der Waals surface area contributed by atoms with E-state index in [1.807, 2.05) is 25.9 Å². The zero-order chi connectivity index (χ0) is 19.4. The molecule has 2 amide bonds. The van der Waals surface area contributed by atoms with Gasteiger partial charge in [0.1, 0.15) is 0 Å². The summed E-state index contributed by atoms with van der Waals surface area (Å²) in [6.07, 6.45) is 2.85. The fraction of sp³-hybridized carbons (Fsp3) is 0.455. The Morgan fingerprint density at radius 1 is 1.19 bits per heavy atom. The van der Waals surface area contributed by atoms with Gasteiger partial charge in [0.15, 0.2) is 0 Å². The van der Waals surface area contributed by atoms with Gasteiger partial charge in [-0.25, -0.2) is 0 Å². The lowest BCUT2D eigenvalue weighted by molar-refractivity contribution is -0.147. The van der Waals surface area contributed by atoms with Crippen LogP contribution in [0.25, 0.3) is 10.4 Å². The maximum atomic E-state index is 13.1. The number of benzene rings is 1. The number of hydrogen-bond donors (Lipinski definition) is 0. The number of piperidine rings is 1. The Morgan fingerprint density at radius 3 is 2.52 bits per heavy atom. The van der Waals surface area contributed by atoms with Crippen molar-refractivity contribution in [1.29, 1.82) is 0 Å². The van der Waals surface area contributed by atoms with Crippen LogP contribution in [0.15, 0.2) is 41.8 Å². The molecule has 1 atom stereocenters. The highest BCUT2D eigenvalue weighted by atomic mass is 32.1. The van der Waals surface area contributed by atoms with Gasteiger partial charge < -0.3 is 9.80 Å². The molecule has 4 nitrogen and oxygen atoms in total. The Morgan fingerprint density at radius 2 is 1.93 bits per heavy atom. The first-order valence-electron chi connectivity index (χ1n) is 9.57. The first-order valence-corrected chi connectivity index (χ1v) is 10.5. The second kappa shape index (κ2) is 8.26. The molecule has 0 unspecified atom stereocenters. The van der Waals surface area contributed by atoms with Crippen molar-refractivity contribution in [1.82, 2.24) is 9.80 Å².